The van der Waals surface area contributed by atoms with Gasteiger partial charge in [0.15, 0.2) is 11.5 Å². The predicted octanol–water partition coefficient (Wildman–Crippen LogP) is 2.40. The monoisotopic (exact) mass is 344 g/mol. The fourth-order valence-corrected chi connectivity index (χ4v) is 2.96. The second-order valence-electron chi connectivity index (χ2n) is 6.14. The summed E-state index contributed by atoms with van der Waals surface area (Å²) in [5, 5.41) is 10.3. The number of amides is 1. The molecule has 1 N–H and O–H groups in total. The van der Waals surface area contributed by atoms with Crippen LogP contribution in [-0.4, -0.2) is 53.8 Å². The summed E-state index contributed by atoms with van der Waals surface area (Å²) in [7, 11) is 3.88. The smallest absolute Gasteiger partial charge is 0.290 e. The van der Waals surface area contributed by atoms with Crippen molar-refractivity contribution >= 4 is 11.7 Å². The Hall–Kier alpha value is -2.80. The Morgan fingerprint density at radius 2 is 1.96 bits per heavy atom. The van der Waals surface area contributed by atoms with E-state index in [-0.39, 0.29) is 11.3 Å². The van der Waals surface area contributed by atoms with E-state index < -0.39 is 23.5 Å². The zero-order valence-electron chi connectivity index (χ0n) is 14.1. The Morgan fingerprint density at radius 3 is 2.56 bits per heavy atom. The molecule has 0 aromatic carbocycles. The molecule has 2 aromatic rings. The topological polar surface area (TPSA) is 87.1 Å². The molecule has 1 aliphatic rings. The van der Waals surface area contributed by atoms with E-state index in [9.17, 15) is 14.7 Å². The molecule has 7 heteroatoms. The quantitative estimate of drug-likeness (QED) is 0.776. The fraction of sp³-hybridized carbons (Fsp3) is 0.333. The third kappa shape index (κ3) is 3.23. The molecule has 1 aliphatic heterocycles. The van der Waals surface area contributed by atoms with Gasteiger partial charge in [0.05, 0.1) is 18.1 Å². The maximum Gasteiger partial charge on any atom is 0.290 e. The van der Waals surface area contributed by atoms with Crippen molar-refractivity contribution in [1.82, 2.24) is 9.80 Å². The Balaban J connectivity index is 1.94. The van der Waals surface area contributed by atoms with Crippen LogP contribution in [0.1, 0.15) is 28.8 Å². The Labute approximate surface area is 145 Å². The second kappa shape index (κ2) is 6.98. The Bertz CT molecular complexity index is 775. The van der Waals surface area contributed by atoms with E-state index in [1.54, 1.807) is 18.2 Å². The van der Waals surface area contributed by atoms with Crippen molar-refractivity contribution in [2.75, 3.05) is 27.2 Å². The van der Waals surface area contributed by atoms with Gasteiger partial charge in [-0.25, -0.2) is 0 Å². The van der Waals surface area contributed by atoms with Gasteiger partial charge in [-0.3, -0.25) is 9.59 Å². The SMILES string of the molecule is CN(C)CCCN1C(=O)C(O)=C(C(=O)c2ccco2)C1c1ccco1. The van der Waals surface area contributed by atoms with E-state index in [0.717, 1.165) is 6.54 Å². The molecule has 3 rings (SSSR count). The van der Waals surface area contributed by atoms with Gasteiger partial charge in [0, 0.05) is 6.54 Å². The number of hydrogen-bond donors (Lipinski definition) is 1. The van der Waals surface area contributed by atoms with Crippen molar-refractivity contribution in [3.05, 3.63) is 59.6 Å². The minimum atomic E-state index is -0.762. The summed E-state index contributed by atoms with van der Waals surface area (Å²) in [5.74, 6) is -1.15. The zero-order valence-corrected chi connectivity index (χ0v) is 14.1. The van der Waals surface area contributed by atoms with E-state index >= 15 is 0 Å². The molecule has 0 saturated carbocycles. The molecule has 0 bridgehead atoms. The number of hydrogen-bond acceptors (Lipinski definition) is 6. The number of nitrogens with zero attached hydrogens (tertiary/aromatic N) is 2. The van der Waals surface area contributed by atoms with E-state index in [4.69, 9.17) is 8.83 Å². The number of furan rings is 2. The second-order valence-corrected chi connectivity index (χ2v) is 6.14. The van der Waals surface area contributed by atoms with Crippen LogP contribution in [0.15, 0.2) is 57.0 Å². The number of carbonyl (C=O) groups is 2. The van der Waals surface area contributed by atoms with Gasteiger partial charge < -0.3 is 23.7 Å². The summed E-state index contributed by atoms with van der Waals surface area (Å²) >= 11 is 0. The number of rotatable bonds is 7. The van der Waals surface area contributed by atoms with E-state index in [1.165, 1.54) is 23.5 Å². The molecule has 2 aromatic heterocycles. The van der Waals surface area contributed by atoms with Crippen molar-refractivity contribution < 1.29 is 23.5 Å². The van der Waals surface area contributed by atoms with Crippen LogP contribution in [0.3, 0.4) is 0 Å². The number of ketones is 1. The number of aliphatic hydroxyl groups is 1. The van der Waals surface area contributed by atoms with Gasteiger partial charge in [-0.1, -0.05) is 0 Å². The summed E-state index contributed by atoms with van der Waals surface area (Å²) < 4.78 is 10.6. The van der Waals surface area contributed by atoms with Gasteiger partial charge in [-0.15, -0.1) is 0 Å². The minimum absolute atomic E-state index is 0.0141. The van der Waals surface area contributed by atoms with Crippen LogP contribution in [0, 0.1) is 0 Å². The molecular weight excluding hydrogens is 324 g/mol. The molecule has 1 unspecified atom stereocenters. The lowest BCUT2D eigenvalue weighted by Crippen LogP contribution is -2.33. The highest BCUT2D eigenvalue weighted by Gasteiger charge is 2.45. The molecule has 0 saturated heterocycles. The van der Waals surface area contributed by atoms with Crippen LogP contribution in [0.4, 0.5) is 0 Å². The van der Waals surface area contributed by atoms with E-state index in [2.05, 4.69) is 0 Å². The van der Waals surface area contributed by atoms with Crippen LogP contribution in [-0.2, 0) is 4.79 Å². The molecule has 0 fully saturated rings. The normalized spacial score (nSPS) is 17.8. The highest BCUT2D eigenvalue weighted by molar-refractivity contribution is 6.14. The minimum Gasteiger partial charge on any atom is -0.503 e. The molecule has 7 nitrogen and oxygen atoms in total. The molecule has 132 valence electrons. The average Bonchev–Trinajstić information content (AvgIpc) is 3.31. The van der Waals surface area contributed by atoms with Gasteiger partial charge in [0.25, 0.3) is 5.91 Å². The Morgan fingerprint density at radius 1 is 1.24 bits per heavy atom. The lowest BCUT2D eigenvalue weighted by Gasteiger charge is -2.25. The van der Waals surface area contributed by atoms with Crippen LogP contribution in [0.5, 0.6) is 0 Å². The average molecular weight is 344 g/mol. The van der Waals surface area contributed by atoms with Crippen molar-refractivity contribution in [3.63, 3.8) is 0 Å². The zero-order chi connectivity index (χ0) is 18.0. The lowest BCUT2D eigenvalue weighted by molar-refractivity contribution is -0.129. The maximum absolute atomic E-state index is 12.8. The molecule has 0 aliphatic carbocycles. The molecular formula is C18H20N2O5. The lowest BCUT2D eigenvalue weighted by atomic mass is 9.99. The van der Waals surface area contributed by atoms with Crippen LogP contribution in [0.25, 0.3) is 0 Å². The largest absolute Gasteiger partial charge is 0.503 e. The van der Waals surface area contributed by atoms with Gasteiger partial charge in [-0.05, 0) is 51.3 Å². The first kappa shape index (κ1) is 17.0. The van der Waals surface area contributed by atoms with Crippen LogP contribution >= 0.6 is 0 Å². The molecule has 3 heterocycles. The van der Waals surface area contributed by atoms with Gasteiger partial charge in [-0.2, -0.15) is 0 Å². The number of carbonyl (C=O) groups excluding carboxylic acids is 2. The highest BCUT2D eigenvalue weighted by Crippen LogP contribution is 2.39. The summed E-state index contributed by atoms with van der Waals surface area (Å²) in [5.41, 5.74) is -0.0141. The van der Waals surface area contributed by atoms with Crippen LogP contribution < -0.4 is 0 Å². The molecule has 1 atom stereocenters. The standard InChI is InChI=1S/C18H20N2O5/c1-19(2)8-5-9-20-15(12-6-3-10-24-12)14(17(22)18(20)23)16(21)13-7-4-11-25-13/h3-4,6-7,10-11,15,22H,5,8-9H2,1-2H3. The molecule has 1 amide bonds. The summed E-state index contributed by atoms with van der Waals surface area (Å²) in [6, 6.07) is 5.69. The van der Waals surface area contributed by atoms with Gasteiger partial charge in [0.1, 0.15) is 11.8 Å². The van der Waals surface area contributed by atoms with Gasteiger partial charge in [0.2, 0.25) is 5.78 Å². The summed E-state index contributed by atoms with van der Waals surface area (Å²) in [6.45, 7) is 1.16. The molecule has 0 spiro atoms. The third-order valence-electron chi connectivity index (χ3n) is 4.11. The summed E-state index contributed by atoms with van der Waals surface area (Å²) in [4.78, 5) is 28.8. The first-order valence-electron chi connectivity index (χ1n) is 8.01. The van der Waals surface area contributed by atoms with Crippen molar-refractivity contribution in [2.24, 2.45) is 0 Å². The van der Waals surface area contributed by atoms with Gasteiger partial charge >= 0.3 is 0 Å². The molecule has 25 heavy (non-hydrogen) atoms. The predicted molar refractivity (Wildman–Crippen MR) is 89.0 cm³/mol. The number of Topliss-reactive ketones (excluding diaryl/α,β-unsaturated/α-hetero) is 1. The van der Waals surface area contributed by atoms with E-state index in [1.807, 2.05) is 19.0 Å². The van der Waals surface area contributed by atoms with E-state index in [0.29, 0.717) is 18.7 Å². The third-order valence-corrected chi connectivity index (χ3v) is 4.11. The first-order valence-corrected chi connectivity index (χ1v) is 8.01. The maximum atomic E-state index is 12.8. The van der Waals surface area contributed by atoms with Crippen molar-refractivity contribution in [2.45, 2.75) is 12.5 Å². The van der Waals surface area contributed by atoms with Crippen molar-refractivity contribution in [3.8, 4) is 0 Å². The Kier molecular flexibility index (Phi) is 4.76. The number of aliphatic hydroxyl groups excluding tert-OH is 1. The highest BCUT2D eigenvalue weighted by atomic mass is 16.3. The fourth-order valence-electron chi connectivity index (χ4n) is 2.96. The van der Waals surface area contributed by atoms with Crippen LogP contribution in [0.2, 0.25) is 0 Å². The molecule has 0 radical (unpaired) electrons. The first-order chi connectivity index (χ1) is 12.0. The van der Waals surface area contributed by atoms with Crippen molar-refractivity contribution in [1.29, 1.82) is 0 Å². The summed E-state index contributed by atoms with van der Waals surface area (Å²) in [6.07, 6.45) is 3.55.